The Morgan fingerprint density at radius 2 is 1.89 bits per heavy atom. The average Bonchev–Trinajstić information content (AvgIpc) is 2.88. The van der Waals surface area contributed by atoms with Crippen molar-refractivity contribution in [2.24, 2.45) is 0 Å². The molecule has 3 rings (SSSR count). The summed E-state index contributed by atoms with van der Waals surface area (Å²) in [6.45, 7) is 3.30. The third kappa shape index (κ3) is 6.71. The van der Waals surface area contributed by atoms with E-state index in [1.807, 2.05) is 0 Å². The normalized spacial score (nSPS) is 10.6. The number of amides is 2. The first-order chi connectivity index (χ1) is 17.7. The number of nitrogens with zero attached hydrogens (tertiary/aromatic N) is 2. The van der Waals surface area contributed by atoms with E-state index in [2.05, 4.69) is 36.3 Å². The van der Waals surface area contributed by atoms with Crippen molar-refractivity contribution in [3.63, 3.8) is 0 Å². The van der Waals surface area contributed by atoms with Gasteiger partial charge in [-0.2, -0.15) is 4.98 Å². The van der Waals surface area contributed by atoms with E-state index in [1.165, 1.54) is 29.9 Å². The van der Waals surface area contributed by atoms with Gasteiger partial charge in [-0.1, -0.05) is 12.1 Å². The highest BCUT2D eigenvalue weighted by Crippen LogP contribution is 2.24. The molecule has 0 atom stereocenters. The molecule has 3 N–H and O–H groups in total. The Bertz CT molecular complexity index is 1380. The summed E-state index contributed by atoms with van der Waals surface area (Å²) in [5, 5.41) is 14.0. The minimum absolute atomic E-state index is 0.0137. The van der Waals surface area contributed by atoms with E-state index in [0.29, 0.717) is 28.2 Å². The van der Waals surface area contributed by atoms with Crippen molar-refractivity contribution < 1.29 is 28.6 Å². The van der Waals surface area contributed by atoms with Gasteiger partial charge in [0.2, 0.25) is 5.88 Å². The molecule has 0 radical (unpaired) electrons. The van der Waals surface area contributed by atoms with Crippen LogP contribution in [0.4, 0.5) is 9.18 Å². The number of aliphatic hydroxyl groups excluding tert-OH is 1. The predicted molar refractivity (Wildman–Crippen MR) is 136 cm³/mol. The van der Waals surface area contributed by atoms with Gasteiger partial charge in [-0.05, 0) is 70.7 Å². The maximum Gasteiger partial charge on any atom is 0.407 e. The number of nitrogens with one attached hydrogen (secondary N) is 2. The Kier molecular flexibility index (Phi) is 9.36. The first kappa shape index (κ1) is 27.8. The van der Waals surface area contributed by atoms with Crippen molar-refractivity contribution >= 4 is 27.9 Å². The lowest BCUT2D eigenvalue weighted by molar-refractivity contribution is 0.0944. The minimum atomic E-state index is -0.662. The topological polar surface area (TPSA) is 132 Å². The largest absolute Gasteiger partial charge is 0.472 e. The number of alkyl carbamates (subject to hydrolysis) is 1. The zero-order valence-electron chi connectivity index (χ0n) is 20.4. The van der Waals surface area contributed by atoms with Gasteiger partial charge in [0.05, 0.1) is 19.4 Å². The monoisotopic (exact) mass is 576 g/mol. The Labute approximate surface area is 220 Å². The summed E-state index contributed by atoms with van der Waals surface area (Å²) in [5.74, 6) is -0.522. The van der Waals surface area contributed by atoms with Crippen molar-refractivity contribution in [3.05, 3.63) is 85.1 Å². The number of hydrogen-bond acceptors (Lipinski definition) is 7. The zero-order valence-corrected chi connectivity index (χ0v) is 22.0. The highest BCUT2D eigenvalue weighted by molar-refractivity contribution is 9.10. The number of aliphatic hydroxyl groups is 1. The maximum atomic E-state index is 13.8. The summed E-state index contributed by atoms with van der Waals surface area (Å²) in [4.78, 5) is 41.5. The summed E-state index contributed by atoms with van der Waals surface area (Å²) in [6.07, 6.45) is -0.662. The van der Waals surface area contributed by atoms with Gasteiger partial charge >= 0.3 is 6.09 Å². The lowest BCUT2D eigenvalue weighted by Crippen LogP contribution is -2.28. The van der Waals surface area contributed by atoms with Crippen LogP contribution in [0.3, 0.4) is 0 Å². The number of benzene rings is 2. The molecule has 0 saturated heterocycles. The number of aryl methyl sites for hydroxylation is 2. The van der Waals surface area contributed by atoms with Crippen molar-refractivity contribution in [1.29, 1.82) is 0 Å². The molecule has 0 fully saturated rings. The van der Waals surface area contributed by atoms with Crippen molar-refractivity contribution in [2.45, 2.75) is 27.0 Å². The summed E-state index contributed by atoms with van der Waals surface area (Å²) in [5.41, 5.74) is 2.12. The molecular weight excluding hydrogens is 551 g/mol. The highest BCUT2D eigenvalue weighted by atomic mass is 79.9. The van der Waals surface area contributed by atoms with Gasteiger partial charge in [-0.25, -0.2) is 9.18 Å². The van der Waals surface area contributed by atoms with Crippen LogP contribution in [-0.4, -0.2) is 46.9 Å². The van der Waals surface area contributed by atoms with E-state index in [0.717, 1.165) is 5.56 Å². The van der Waals surface area contributed by atoms with Crippen LogP contribution in [0, 0.1) is 19.7 Å². The quantitative estimate of drug-likeness (QED) is 0.357. The first-order valence-corrected chi connectivity index (χ1v) is 12.0. The number of carbonyl (C=O) groups is 2. The number of carbonyl (C=O) groups excluding carboxylic acids is 2. The van der Waals surface area contributed by atoms with Gasteiger partial charge in [-0.15, -0.1) is 0 Å². The number of hydrogen-bond donors (Lipinski definition) is 3. The summed E-state index contributed by atoms with van der Waals surface area (Å²) >= 11 is 3.27. The Morgan fingerprint density at radius 1 is 1.14 bits per heavy atom. The lowest BCUT2D eigenvalue weighted by Gasteiger charge is -2.17. The average molecular weight is 577 g/mol. The molecule has 2 amide bonds. The molecule has 0 saturated carbocycles. The Balaban J connectivity index is 1.90. The van der Waals surface area contributed by atoms with Crippen LogP contribution in [0.1, 0.15) is 32.9 Å². The highest BCUT2D eigenvalue weighted by Gasteiger charge is 2.18. The summed E-state index contributed by atoms with van der Waals surface area (Å²) in [7, 11) is 1.22. The number of methoxy groups -OCH3 is 1. The Morgan fingerprint density at radius 3 is 2.59 bits per heavy atom. The van der Waals surface area contributed by atoms with E-state index in [9.17, 15) is 18.8 Å². The smallest absolute Gasteiger partial charge is 0.407 e. The van der Waals surface area contributed by atoms with Crippen molar-refractivity contribution in [3.8, 4) is 11.6 Å². The summed E-state index contributed by atoms with van der Waals surface area (Å²) in [6, 6.07) is 8.96. The zero-order chi connectivity index (χ0) is 27.1. The number of halogens is 2. The van der Waals surface area contributed by atoms with Crippen LogP contribution in [0.5, 0.6) is 5.88 Å². The third-order valence-electron chi connectivity index (χ3n) is 5.42. The number of aromatic nitrogens is 2. The van der Waals surface area contributed by atoms with Crippen LogP contribution < -0.4 is 20.9 Å². The molecule has 1 aromatic heterocycles. The van der Waals surface area contributed by atoms with Gasteiger partial charge in [0.1, 0.15) is 22.7 Å². The number of ether oxygens (including phenoxy) is 2. The fraction of sp³-hybridized carbons (Fsp3) is 0.280. The van der Waals surface area contributed by atoms with E-state index in [4.69, 9.17) is 9.84 Å². The molecular formula is C25H26BrFN4O6. The van der Waals surface area contributed by atoms with Crippen LogP contribution in [0.25, 0.3) is 5.69 Å². The van der Waals surface area contributed by atoms with Crippen LogP contribution in [0.2, 0.25) is 0 Å². The molecule has 1 heterocycles. The Hall–Kier alpha value is -3.77. The predicted octanol–water partition coefficient (Wildman–Crippen LogP) is 2.91. The molecule has 12 heteroatoms. The second-order valence-corrected chi connectivity index (χ2v) is 8.74. The van der Waals surface area contributed by atoms with Gasteiger partial charge in [-0.3, -0.25) is 14.2 Å². The molecule has 10 nitrogen and oxygen atoms in total. The second-order valence-electron chi connectivity index (χ2n) is 7.95. The molecule has 0 spiro atoms. The van der Waals surface area contributed by atoms with Crippen molar-refractivity contribution in [2.75, 3.05) is 20.3 Å². The van der Waals surface area contributed by atoms with Crippen LogP contribution >= 0.6 is 15.9 Å². The maximum absolute atomic E-state index is 13.8. The van der Waals surface area contributed by atoms with E-state index >= 15 is 0 Å². The minimum Gasteiger partial charge on any atom is -0.472 e. The fourth-order valence-electron chi connectivity index (χ4n) is 3.51. The molecule has 196 valence electrons. The molecule has 0 aliphatic rings. The molecule has 0 bridgehead atoms. The van der Waals surface area contributed by atoms with Gasteiger partial charge in [0.25, 0.3) is 11.5 Å². The van der Waals surface area contributed by atoms with E-state index in [1.54, 1.807) is 32.0 Å². The summed E-state index contributed by atoms with van der Waals surface area (Å²) < 4.78 is 25.5. The second kappa shape index (κ2) is 12.5. The molecule has 2 aromatic carbocycles. The van der Waals surface area contributed by atoms with E-state index < -0.39 is 17.5 Å². The van der Waals surface area contributed by atoms with Crippen LogP contribution in [0.15, 0.2) is 45.7 Å². The SMILES string of the molecule is COC(=O)NCc1cc(F)ccc1COc1nc(C)n(-c2cc(C(=O)NCCO)ccc2C)c(=O)c1Br. The number of rotatable bonds is 9. The van der Waals surface area contributed by atoms with E-state index in [-0.39, 0.29) is 42.6 Å². The van der Waals surface area contributed by atoms with Gasteiger partial charge in [0.15, 0.2) is 0 Å². The van der Waals surface area contributed by atoms with Gasteiger partial charge in [0, 0.05) is 18.7 Å². The molecule has 0 aliphatic heterocycles. The fourth-order valence-corrected chi connectivity index (χ4v) is 3.89. The standard InChI is InChI=1S/C25H26BrFN4O6/c1-14-4-5-16(22(33)28-8-9-32)11-20(14)31-15(2)30-23(21(26)24(31)34)37-13-17-6-7-19(27)10-18(17)12-29-25(35)36-3/h4-7,10-11,32H,8-9,12-13H2,1-3H3,(H,28,33)(H,29,35). The molecule has 0 aliphatic carbocycles. The van der Waals surface area contributed by atoms with Gasteiger partial charge < -0.3 is 25.2 Å². The molecule has 0 unspecified atom stereocenters. The first-order valence-electron chi connectivity index (χ1n) is 11.2. The molecule has 37 heavy (non-hydrogen) atoms. The molecule has 3 aromatic rings. The van der Waals surface area contributed by atoms with Crippen LogP contribution in [-0.2, 0) is 17.9 Å². The lowest BCUT2D eigenvalue weighted by atomic mass is 10.1. The van der Waals surface area contributed by atoms with Crippen molar-refractivity contribution in [1.82, 2.24) is 20.2 Å². The third-order valence-corrected chi connectivity index (χ3v) is 6.09.